The summed E-state index contributed by atoms with van der Waals surface area (Å²) in [5, 5.41) is 1.21. The maximum Gasteiger partial charge on any atom is 0.267 e. The van der Waals surface area contributed by atoms with Crippen molar-refractivity contribution < 1.29 is 13.2 Å². The molecular formula is C25H29N3O4S3. The molecule has 1 aromatic carbocycles. The van der Waals surface area contributed by atoms with Crippen LogP contribution in [0.5, 0.6) is 0 Å². The molecule has 0 spiro atoms. The number of carbonyl (C=O) groups excluding carboxylic acids is 1. The lowest BCUT2D eigenvalue weighted by Crippen LogP contribution is -2.42. The van der Waals surface area contributed by atoms with Gasteiger partial charge in [0.05, 0.1) is 28.3 Å². The van der Waals surface area contributed by atoms with Crippen molar-refractivity contribution in [3.05, 3.63) is 50.6 Å². The Kier molecular flexibility index (Phi) is 6.80. The molecule has 0 saturated carbocycles. The summed E-state index contributed by atoms with van der Waals surface area (Å²) in [6.07, 6.45) is 4.58. The van der Waals surface area contributed by atoms with Gasteiger partial charge in [0.25, 0.3) is 5.56 Å². The Labute approximate surface area is 213 Å². The smallest absolute Gasteiger partial charge is 0.267 e. The van der Waals surface area contributed by atoms with Crippen molar-refractivity contribution in [2.45, 2.75) is 57.1 Å². The second kappa shape index (κ2) is 9.71. The van der Waals surface area contributed by atoms with E-state index in [9.17, 15) is 18.0 Å². The molecule has 1 amide bonds. The monoisotopic (exact) mass is 531 g/mol. The number of fused-ring (bicyclic) bond motifs is 3. The zero-order valence-electron chi connectivity index (χ0n) is 20.0. The molecule has 5 rings (SSSR count). The van der Waals surface area contributed by atoms with Crippen LogP contribution in [-0.4, -0.2) is 58.6 Å². The van der Waals surface area contributed by atoms with Gasteiger partial charge in [0.15, 0.2) is 15.0 Å². The number of rotatable bonds is 6. The molecule has 0 N–H and O–H groups in total. The van der Waals surface area contributed by atoms with Gasteiger partial charge in [-0.25, -0.2) is 13.4 Å². The molecule has 7 nitrogen and oxygen atoms in total. The molecule has 1 fully saturated rings. The first kappa shape index (κ1) is 24.5. The molecule has 1 saturated heterocycles. The third kappa shape index (κ3) is 4.80. The van der Waals surface area contributed by atoms with Crippen molar-refractivity contribution in [2.75, 3.05) is 23.8 Å². The molecule has 0 unspecified atom stereocenters. The third-order valence-corrected chi connectivity index (χ3v) is 10.7. The van der Waals surface area contributed by atoms with E-state index >= 15 is 0 Å². The van der Waals surface area contributed by atoms with Crippen LogP contribution < -0.4 is 5.56 Å². The summed E-state index contributed by atoms with van der Waals surface area (Å²) in [4.78, 5) is 35.5. The van der Waals surface area contributed by atoms with Gasteiger partial charge in [-0.1, -0.05) is 29.5 Å². The minimum atomic E-state index is -3.09. The number of aromatic nitrogens is 2. The Bertz CT molecular complexity index is 1440. The van der Waals surface area contributed by atoms with E-state index in [4.69, 9.17) is 4.98 Å². The summed E-state index contributed by atoms with van der Waals surface area (Å²) >= 11 is 2.85. The van der Waals surface area contributed by atoms with Crippen LogP contribution in [0, 0.1) is 6.92 Å². The predicted octanol–water partition coefficient (Wildman–Crippen LogP) is 3.76. The standard InChI is InChI=1S/C25H29N3O4S3/c1-3-27(18-12-13-35(31,32)15-18)21(29)14-33-25-26-23-22(19-6-4-5-7-20(19)34-23)24(30)28(25)17-10-8-16(2)9-11-17/h8-11,18H,3-7,12-15H2,1-2H3/t18-/m0/s1. The maximum atomic E-state index is 13.8. The normalized spacial score (nSPS) is 19.1. The number of hydrogen-bond donors (Lipinski definition) is 0. The van der Waals surface area contributed by atoms with Crippen LogP contribution in [0.1, 0.15) is 42.2 Å². The van der Waals surface area contributed by atoms with Crippen LogP contribution >= 0.6 is 23.1 Å². The largest absolute Gasteiger partial charge is 0.338 e. The summed E-state index contributed by atoms with van der Waals surface area (Å²) < 4.78 is 25.5. The number of amides is 1. The zero-order chi connectivity index (χ0) is 24.7. The number of carbonyl (C=O) groups is 1. The van der Waals surface area contributed by atoms with E-state index in [0.717, 1.165) is 47.3 Å². The van der Waals surface area contributed by atoms with E-state index in [0.29, 0.717) is 23.5 Å². The van der Waals surface area contributed by atoms with Gasteiger partial charge in [0, 0.05) is 17.5 Å². The van der Waals surface area contributed by atoms with Crippen LogP contribution in [0.25, 0.3) is 15.9 Å². The van der Waals surface area contributed by atoms with Crippen LogP contribution in [0.4, 0.5) is 0 Å². The van der Waals surface area contributed by atoms with E-state index in [1.54, 1.807) is 20.8 Å². The van der Waals surface area contributed by atoms with E-state index in [1.807, 2.05) is 38.1 Å². The summed E-state index contributed by atoms with van der Waals surface area (Å²) in [7, 11) is -3.09. The number of thioether (sulfide) groups is 1. The second-order valence-corrected chi connectivity index (χ2v) is 13.5. The molecule has 186 valence electrons. The average Bonchev–Trinajstić information content (AvgIpc) is 3.38. The Hall–Kier alpha value is -2.17. The first-order valence-electron chi connectivity index (χ1n) is 12.0. The summed E-state index contributed by atoms with van der Waals surface area (Å²) in [6.45, 7) is 4.32. The molecule has 3 aromatic rings. The number of benzene rings is 1. The molecule has 2 aliphatic rings. The fourth-order valence-electron chi connectivity index (χ4n) is 5.07. The van der Waals surface area contributed by atoms with E-state index in [1.165, 1.54) is 16.6 Å². The molecule has 10 heteroatoms. The van der Waals surface area contributed by atoms with Crippen LogP contribution in [0.2, 0.25) is 0 Å². The second-order valence-electron chi connectivity index (χ2n) is 9.29. The SMILES string of the molecule is CCN(C(=O)CSc1nc2sc3c(c2c(=O)n1-c1ccc(C)cc1)CCCC3)[C@H]1CCS(=O)(=O)C1. The molecule has 0 radical (unpaired) electrons. The number of nitrogens with zero attached hydrogens (tertiary/aromatic N) is 3. The lowest BCUT2D eigenvalue weighted by molar-refractivity contribution is -0.129. The van der Waals surface area contributed by atoms with Gasteiger partial charge in [-0.2, -0.15) is 0 Å². The van der Waals surface area contributed by atoms with E-state index in [2.05, 4.69) is 0 Å². The van der Waals surface area contributed by atoms with Crippen molar-refractivity contribution >= 4 is 49.1 Å². The Morgan fingerprint density at radius 2 is 1.97 bits per heavy atom. The molecule has 0 bridgehead atoms. The number of thiophene rings is 1. The molecule has 1 atom stereocenters. The minimum absolute atomic E-state index is 0.0241. The van der Waals surface area contributed by atoms with Gasteiger partial charge < -0.3 is 4.90 Å². The van der Waals surface area contributed by atoms with Crippen molar-refractivity contribution in [1.82, 2.24) is 14.5 Å². The highest BCUT2D eigenvalue weighted by molar-refractivity contribution is 7.99. The Balaban J connectivity index is 1.51. The van der Waals surface area contributed by atoms with E-state index in [-0.39, 0.29) is 34.8 Å². The Morgan fingerprint density at radius 3 is 2.66 bits per heavy atom. The van der Waals surface area contributed by atoms with E-state index < -0.39 is 9.84 Å². The topological polar surface area (TPSA) is 89.3 Å². The molecule has 2 aromatic heterocycles. The highest BCUT2D eigenvalue weighted by atomic mass is 32.2. The quantitative estimate of drug-likeness (QED) is 0.355. The van der Waals surface area contributed by atoms with Gasteiger partial charge in [-0.3, -0.25) is 14.2 Å². The maximum absolute atomic E-state index is 13.8. The number of aryl methyl sites for hydroxylation is 3. The van der Waals surface area contributed by atoms with Gasteiger partial charge in [0.1, 0.15) is 4.83 Å². The number of hydrogen-bond acceptors (Lipinski definition) is 7. The molecule has 3 heterocycles. The van der Waals surface area contributed by atoms with Crippen LogP contribution in [0.15, 0.2) is 34.2 Å². The lowest BCUT2D eigenvalue weighted by Gasteiger charge is -2.26. The average molecular weight is 532 g/mol. The van der Waals surface area contributed by atoms with Crippen molar-refractivity contribution in [1.29, 1.82) is 0 Å². The van der Waals surface area contributed by atoms with Crippen LogP contribution in [0.3, 0.4) is 0 Å². The molecule has 1 aliphatic heterocycles. The van der Waals surface area contributed by atoms with Crippen LogP contribution in [-0.2, 0) is 27.5 Å². The van der Waals surface area contributed by atoms with Gasteiger partial charge in [-0.05, 0) is 63.6 Å². The first-order chi connectivity index (χ1) is 16.8. The lowest BCUT2D eigenvalue weighted by atomic mass is 9.97. The highest BCUT2D eigenvalue weighted by Crippen LogP contribution is 2.35. The molecular weight excluding hydrogens is 502 g/mol. The van der Waals surface area contributed by atoms with Crippen molar-refractivity contribution in [3.63, 3.8) is 0 Å². The molecule has 35 heavy (non-hydrogen) atoms. The Morgan fingerprint density at radius 1 is 1.23 bits per heavy atom. The third-order valence-electron chi connectivity index (χ3n) is 6.89. The highest BCUT2D eigenvalue weighted by Gasteiger charge is 2.34. The van der Waals surface area contributed by atoms with Gasteiger partial charge >= 0.3 is 0 Å². The fourth-order valence-corrected chi connectivity index (χ4v) is 9.01. The summed E-state index contributed by atoms with van der Waals surface area (Å²) in [5.74, 6) is 0.119. The van der Waals surface area contributed by atoms with Crippen molar-refractivity contribution in [3.8, 4) is 5.69 Å². The number of sulfone groups is 1. The van der Waals surface area contributed by atoms with Gasteiger partial charge in [0.2, 0.25) is 5.91 Å². The minimum Gasteiger partial charge on any atom is -0.338 e. The summed E-state index contributed by atoms with van der Waals surface area (Å²) in [5.41, 5.74) is 2.89. The van der Waals surface area contributed by atoms with Crippen molar-refractivity contribution in [2.24, 2.45) is 0 Å². The fraction of sp³-hybridized carbons (Fsp3) is 0.480. The molecule has 1 aliphatic carbocycles. The zero-order valence-corrected chi connectivity index (χ0v) is 22.4. The summed E-state index contributed by atoms with van der Waals surface area (Å²) in [6, 6.07) is 7.48. The first-order valence-corrected chi connectivity index (χ1v) is 15.7. The van der Waals surface area contributed by atoms with Gasteiger partial charge in [-0.15, -0.1) is 11.3 Å². The predicted molar refractivity (Wildman–Crippen MR) is 142 cm³/mol.